The van der Waals surface area contributed by atoms with Crippen molar-refractivity contribution in [3.05, 3.63) is 128 Å². The molecule has 0 radical (unpaired) electrons. The number of thiophene rings is 1. The first kappa shape index (κ1) is 23.3. The van der Waals surface area contributed by atoms with Crippen LogP contribution in [0, 0.1) is 11.2 Å². The van der Waals surface area contributed by atoms with E-state index in [0.717, 1.165) is 11.3 Å². The third kappa shape index (κ3) is 2.99. The van der Waals surface area contributed by atoms with E-state index in [1.165, 1.54) is 23.5 Å². The number of ketones is 3. The summed E-state index contributed by atoms with van der Waals surface area (Å²) < 4.78 is 14.1. The Morgan fingerprint density at radius 2 is 1.63 bits per heavy atom. The topological polar surface area (TPSA) is 54.5 Å². The van der Waals surface area contributed by atoms with Crippen LogP contribution in [0.5, 0.6) is 0 Å². The summed E-state index contributed by atoms with van der Waals surface area (Å²) in [5.41, 5.74) is 1.18. The molecule has 1 saturated heterocycles. The van der Waals surface area contributed by atoms with E-state index in [0.29, 0.717) is 26.6 Å². The van der Waals surface area contributed by atoms with Crippen molar-refractivity contribution in [1.82, 2.24) is 0 Å². The second-order valence-electron chi connectivity index (χ2n) is 9.80. The molecule has 1 fully saturated rings. The van der Waals surface area contributed by atoms with Crippen molar-refractivity contribution in [2.45, 2.75) is 18.0 Å². The van der Waals surface area contributed by atoms with Crippen molar-refractivity contribution in [2.24, 2.45) is 5.41 Å². The van der Waals surface area contributed by atoms with Gasteiger partial charge in [-0.2, -0.15) is 0 Å². The molecule has 3 heterocycles. The SMILES string of the molecule is O=C(c1cccs1)[C@@H]1[C@H](c2ccc(F)cc2)C2(C(=O)c3ccccc3C2=O)[C@H]2C=Cc3cc(Cl)ccc3N12. The van der Waals surface area contributed by atoms with E-state index in [2.05, 4.69) is 0 Å². The van der Waals surface area contributed by atoms with Gasteiger partial charge in [-0.15, -0.1) is 11.3 Å². The highest BCUT2D eigenvalue weighted by molar-refractivity contribution is 7.12. The van der Waals surface area contributed by atoms with E-state index in [4.69, 9.17) is 11.6 Å². The maximum absolute atomic E-state index is 14.5. The fourth-order valence-corrected chi connectivity index (χ4v) is 7.43. The Morgan fingerprint density at radius 1 is 0.921 bits per heavy atom. The third-order valence-electron chi connectivity index (χ3n) is 8.03. The molecule has 1 aliphatic carbocycles. The zero-order chi connectivity index (χ0) is 26.2. The molecule has 0 unspecified atom stereocenters. The van der Waals surface area contributed by atoms with Crippen LogP contribution in [0.3, 0.4) is 0 Å². The normalized spacial score (nSPS) is 22.5. The maximum atomic E-state index is 14.5. The number of Topliss-reactive ketones (excluding diaryl/α,β-unsaturated/α-hetero) is 3. The predicted molar refractivity (Wildman–Crippen MR) is 146 cm³/mol. The van der Waals surface area contributed by atoms with Crippen LogP contribution in [0.15, 0.2) is 90.3 Å². The van der Waals surface area contributed by atoms with Crippen molar-refractivity contribution < 1.29 is 18.8 Å². The molecule has 4 nitrogen and oxygen atoms in total. The van der Waals surface area contributed by atoms with Gasteiger partial charge < -0.3 is 4.90 Å². The number of carbonyl (C=O) groups excluding carboxylic acids is 3. The fourth-order valence-electron chi connectivity index (χ4n) is 6.56. The van der Waals surface area contributed by atoms with Crippen molar-refractivity contribution in [3.8, 4) is 0 Å². The number of fused-ring (bicyclic) bond motifs is 5. The van der Waals surface area contributed by atoms with Gasteiger partial charge in [0, 0.05) is 27.8 Å². The number of anilines is 1. The van der Waals surface area contributed by atoms with Gasteiger partial charge >= 0.3 is 0 Å². The molecule has 4 aromatic rings. The van der Waals surface area contributed by atoms with Gasteiger partial charge in [0.25, 0.3) is 0 Å². The molecule has 1 spiro atoms. The maximum Gasteiger partial charge on any atom is 0.195 e. The van der Waals surface area contributed by atoms with E-state index in [1.54, 1.807) is 60.7 Å². The van der Waals surface area contributed by atoms with Gasteiger partial charge in [-0.25, -0.2) is 4.39 Å². The zero-order valence-electron chi connectivity index (χ0n) is 19.8. The minimum atomic E-state index is -1.60. The van der Waals surface area contributed by atoms with E-state index >= 15 is 0 Å². The molecule has 7 rings (SSSR count). The molecule has 1 aromatic heterocycles. The van der Waals surface area contributed by atoms with Gasteiger partial charge in [0.2, 0.25) is 0 Å². The lowest BCUT2D eigenvalue weighted by molar-refractivity contribution is 0.0666. The van der Waals surface area contributed by atoms with Gasteiger partial charge in [-0.05, 0) is 52.9 Å². The van der Waals surface area contributed by atoms with E-state index in [-0.39, 0.29) is 17.3 Å². The molecule has 0 saturated carbocycles. The molecule has 0 bridgehead atoms. The summed E-state index contributed by atoms with van der Waals surface area (Å²) >= 11 is 7.62. The minimum Gasteiger partial charge on any atom is -0.352 e. The molecule has 0 amide bonds. The highest BCUT2D eigenvalue weighted by Gasteiger charge is 2.71. The molecule has 3 aliphatic rings. The van der Waals surface area contributed by atoms with Crippen LogP contribution < -0.4 is 4.90 Å². The van der Waals surface area contributed by atoms with Crippen LogP contribution in [-0.4, -0.2) is 29.4 Å². The van der Waals surface area contributed by atoms with E-state index < -0.39 is 29.2 Å². The Labute approximate surface area is 227 Å². The largest absolute Gasteiger partial charge is 0.352 e. The highest BCUT2D eigenvalue weighted by Crippen LogP contribution is 2.61. The number of carbonyl (C=O) groups is 3. The smallest absolute Gasteiger partial charge is 0.195 e. The lowest BCUT2D eigenvalue weighted by Crippen LogP contribution is -2.48. The molecular weight excluding hydrogens is 521 g/mol. The minimum absolute atomic E-state index is 0.191. The zero-order valence-corrected chi connectivity index (χ0v) is 21.4. The Morgan fingerprint density at radius 3 is 2.29 bits per heavy atom. The van der Waals surface area contributed by atoms with Gasteiger partial charge in [-0.1, -0.05) is 66.2 Å². The van der Waals surface area contributed by atoms with Gasteiger partial charge in [0.15, 0.2) is 17.3 Å². The average Bonchev–Trinajstić information content (AvgIpc) is 3.62. The first-order valence-electron chi connectivity index (χ1n) is 12.2. The molecule has 3 atom stereocenters. The first-order valence-corrected chi connectivity index (χ1v) is 13.5. The lowest BCUT2D eigenvalue weighted by atomic mass is 9.64. The second-order valence-corrected chi connectivity index (χ2v) is 11.2. The summed E-state index contributed by atoms with van der Waals surface area (Å²) in [6, 6.07) is 20.0. The summed E-state index contributed by atoms with van der Waals surface area (Å²) in [6.45, 7) is 0. The van der Waals surface area contributed by atoms with Crippen LogP contribution in [0.4, 0.5) is 10.1 Å². The summed E-state index contributed by atoms with van der Waals surface area (Å²) in [4.78, 5) is 45.7. The van der Waals surface area contributed by atoms with Crippen LogP contribution in [0.25, 0.3) is 6.08 Å². The quantitative estimate of drug-likeness (QED) is 0.211. The Kier molecular flexibility index (Phi) is 5.09. The summed E-state index contributed by atoms with van der Waals surface area (Å²) in [5, 5.41) is 2.37. The van der Waals surface area contributed by atoms with Crippen molar-refractivity contribution >= 4 is 52.1 Å². The number of benzene rings is 3. The third-order valence-corrected chi connectivity index (χ3v) is 9.15. The number of halogens is 2. The number of hydrogen-bond donors (Lipinski definition) is 0. The van der Waals surface area contributed by atoms with Crippen molar-refractivity contribution in [1.29, 1.82) is 0 Å². The van der Waals surface area contributed by atoms with Crippen LogP contribution >= 0.6 is 22.9 Å². The van der Waals surface area contributed by atoms with E-state index in [9.17, 15) is 18.8 Å². The number of hydrogen-bond acceptors (Lipinski definition) is 5. The Bertz CT molecular complexity index is 1640. The monoisotopic (exact) mass is 539 g/mol. The number of nitrogens with zero attached hydrogens (tertiary/aromatic N) is 1. The molecule has 2 aliphatic heterocycles. The van der Waals surface area contributed by atoms with Crippen molar-refractivity contribution in [3.63, 3.8) is 0 Å². The summed E-state index contributed by atoms with van der Waals surface area (Å²) in [6.07, 6.45) is 3.71. The second kappa shape index (κ2) is 8.32. The van der Waals surface area contributed by atoms with Crippen LogP contribution in [0.2, 0.25) is 5.02 Å². The highest BCUT2D eigenvalue weighted by atomic mass is 35.5. The first-order chi connectivity index (χ1) is 18.4. The number of rotatable bonds is 3. The van der Waals surface area contributed by atoms with Gasteiger partial charge in [0.05, 0.1) is 10.9 Å². The summed E-state index contributed by atoms with van der Waals surface area (Å²) in [5.74, 6) is -2.12. The molecule has 0 N–H and O–H groups in total. The molecular formula is C31H19ClFNO3S. The van der Waals surface area contributed by atoms with Crippen LogP contribution in [0.1, 0.15) is 47.4 Å². The van der Waals surface area contributed by atoms with E-state index in [1.807, 2.05) is 28.5 Å². The van der Waals surface area contributed by atoms with Gasteiger partial charge in [-0.3, -0.25) is 14.4 Å². The molecule has 186 valence electrons. The Hall–Kier alpha value is -3.87. The Balaban J connectivity index is 1.56. The fraction of sp³-hybridized carbons (Fsp3) is 0.129. The predicted octanol–water partition coefficient (Wildman–Crippen LogP) is 6.86. The lowest BCUT2D eigenvalue weighted by Gasteiger charge is -2.37. The van der Waals surface area contributed by atoms with Crippen molar-refractivity contribution in [2.75, 3.05) is 4.90 Å². The van der Waals surface area contributed by atoms with Gasteiger partial charge in [0.1, 0.15) is 17.3 Å². The standard InChI is InChI=1S/C31H19ClFNO3S/c32-19-10-13-23-18(16-19)9-14-25-31(29(36)21-4-1-2-5-22(21)30(31)37)26(17-7-11-20(33)12-8-17)27(34(23)25)28(35)24-6-3-15-38-24/h1-16,25-27H/t25-,26+,27+/m1/s1. The molecule has 3 aromatic carbocycles. The molecule has 7 heteroatoms. The molecule has 38 heavy (non-hydrogen) atoms. The summed E-state index contributed by atoms with van der Waals surface area (Å²) in [7, 11) is 0. The van der Waals surface area contributed by atoms with Crippen LogP contribution in [-0.2, 0) is 0 Å². The average molecular weight is 540 g/mol.